The fraction of sp³-hybridized carbons (Fsp3) is 0.529. The first-order valence-electron chi connectivity index (χ1n) is 7.74. The number of benzene rings is 1. The molecule has 1 heterocycles. The van der Waals surface area contributed by atoms with E-state index in [-0.39, 0.29) is 17.4 Å². The van der Waals surface area contributed by atoms with Gasteiger partial charge in [0.25, 0.3) is 0 Å². The molecule has 1 saturated heterocycles. The molecule has 0 saturated carbocycles. The van der Waals surface area contributed by atoms with Gasteiger partial charge in [0.15, 0.2) is 0 Å². The Balaban J connectivity index is 1.84. The van der Waals surface area contributed by atoms with Crippen LogP contribution in [-0.4, -0.2) is 31.1 Å². The second-order valence-corrected chi connectivity index (χ2v) is 6.88. The third-order valence-electron chi connectivity index (χ3n) is 3.90. The van der Waals surface area contributed by atoms with Crippen LogP contribution in [0.25, 0.3) is 0 Å². The smallest absolute Gasteiger partial charge is 0.313 e. The summed E-state index contributed by atoms with van der Waals surface area (Å²) in [6, 6.07) is 5.25. The number of hydrogen-bond acceptors (Lipinski definition) is 3. The summed E-state index contributed by atoms with van der Waals surface area (Å²) in [5.74, 6) is -1.67. The van der Waals surface area contributed by atoms with Gasteiger partial charge in [0.2, 0.25) is 0 Å². The van der Waals surface area contributed by atoms with Crippen LogP contribution in [0.15, 0.2) is 24.3 Å². The van der Waals surface area contributed by atoms with E-state index in [1.807, 2.05) is 0 Å². The maximum absolute atomic E-state index is 12.8. The molecule has 2 rings (SSSR count). The van der Waals surface area contributed by atoms with Gasteiger partial charge in [0.05, 0.1) is 6.10 Å². The van der Waals surface area contributed by atoms with E-state index in [2.05, 4.69) is 31.4 Å². The van der Waals surface area contributed by atoms with Gasteiger partial charge in [-0.1, -0.05) is 20.8 Å². The Labute approximate surface area is 135 Å². The number of rotatable bonds is 3. The Morgan fingerprint density at radius 2 is 1.87 bits per heavy atom. The first-order valence-corrected chi connectivity index (χ1v) is 7.74. The number of amides is 2. The van der Waals surface area contributed by atoms with Crippen molar-refractivity contribution >= 4 is 17.5 Å². The molecule has 1 aliphatic rings. The molecule has 0 unspecified atom stereocenters. The van der Waals surface area contributed by atoms with Crippen molar-refractivity contribution in [2.24, 2.45) is 11.3 Å². The molecule has 2 N–H and O–H groups in total. The van der Waals surface area contributed by atoms with Crippen LogP contribution in [0.2, 0.25) is 0 Å². The monoisotopic (exact) mass is 322 g/mol. The Kier molecular flexibility index (Phi) is 5.36. The van der Waals surface area contributed by atoms with Crippen LogP contribution in [0, 0.1) is 17.2 Å². The number of carbonyl (C=O) groups is 2. The highest BCUT2D eigenvalue weighted by Crippen LogP contribution is 2.34. The van der Waals surface area contributed by atoms with E-state index in [0.29, 0.717) is 18.8 Å². The minimum atomic E-state index is -0.761. The molecule has 1 aromatic carbocycles. The first-order chi connectivity index (χ1) is 10.8. The van der Waals surface area contributed by atoms with Gasteiger partial charge < -0.3 is 15.4 Å². The van der Waals surface area contributed by atoms with Crippen LogP contribution in [-0.2, 0) is 14.3 Å². The van der Waals surface area contributed by atoms with Gasteiger partial charge in [0, 0.05) is 24.8 Å². The zero-order valence-electron chi connectivity index (χ0n) is 13.7. The van der Waals surface area contributed by atoms with Crippen molar-refractivity contribution in [2.45, 2.75) is 33.3 Å². The van der Waals surface area contributed by atoms with Crippen molar-refractivity contribution in [3.63, 3.8) is 0 Å². The van der Waals surface area contributed by atoms with E-state index in [1.165, 1.54) is 24.3 Å². The van der Waals surface area contributed by atoms with Crippen molar-refractivity contribution < 1.29 is 18.7 Å². The van der Waals surface area contributed by atoms with Crippen LogP contribution < -0.4 is 10.6 Å². The molecule has 126 valence electrons. The lowest BCUT2D eigenvalue weighted by molar-refractivity contribution is -0.136. The normalized spacial score (nSPS) is 21.0. The summed E-state index contributed by atoms with van der Waals surface area (Å²) in [6.07, 6.45) is 0.921. The minimum Gasteiger partial charge on any atom is -0.377 e. The highest BCUT2D eigenvalue weighted by Gasteiger charge is 2.37. The highest BCUT2D eigenvalue weighted by molar-refractivity contribution is 6.39. The second-order valence-electron chi connectivity index (χ2n) is 6.88. The zero-order valence-corrected chi connectivity index (χ0v) is 13.7. The van der Waals surface area contributed by atoms with E-state index < -0.39 is 17.6 Å². The van der Waals surface area contributed by atoms with Gasteiger partial charge in [0.1, 0.15) is 5.82 Å². The fourth-order valence-electron chi connectivity index (χ4n) is 2.83. The standard InChI is InChI=1S/C17H23FN2O3/c1-17(2,3)14-11(8-9-23-14)10-19-15(21)16(22)20-13-6-4-12(18)5-7-13/h4-7,11,14H,8-10H2,1-3H3,(H,19,21)(H,20,22)/t11-,14+/m1/s1. The second kappa shape index (κ2) is 7.08. The minimum absolute atomic E-state index is 0.0116. The fourth-order valence-corrected chi connectivity index (χ4v) is 2.83. The van der Waals surface area contributed by atoms with Crippen molar-refractivity contribution in [1.82, 2.24) is 5.32 Å². The summed E-state index contributed by atoms with van der Waals surface area (Å²) in [6.45, 7) is 7.36. The topological polar surface area (TPSA) is 67.4 Å². The molecule has 0 aliphatic carbocycles. The number of carbonyl (C=O) groups excluding carboxylic acids is 2. The molecule has 0 radical (unpaired) electrons. The van der Waals surface area contributed by atoms with E-state index in [9.17, 15) is 14.0 Å². The van der Waals surface area contributed by atoms with E-state index >= 15 is 0 Å². The molecule has 23 heavy (non-hydrogen) atoms. The predicted octanol–water partition coefficient (Wildman–Crippen LogP) is 2.33. The molecule has 2 amide bonds. The number of ether oxygens (including phenoxy) is 1. The van der Waals surface area contributed by atoms with Crippen LogP contribution in [0.1, 0.15) is 27.2 Å². The molecule has 6 heteroatoms. The molecule has 2 atom stereocenters. The number of halogens is 1. The van der Waals surface area contributed by atoms with Gasteiger partial charge >= 0.3 is 11.8 Å². The van der Waals surface area contributed by atoms with Crippen LogP contribution in [0.5, 0.6) is 0 Å². The average Bonchev–Trinajstić information content (AvgIpc) is 2.95. The van der Waals surface area contributed by atoms with Crippen LogP contribution in [0.4, 0.5) is 10.1 Å². The van der Waals surface area contributed by atoms with Gasteiger partial charge in [-0.3, -0.25) is 9.59 Å². The maximum atomic E-state index is 12.8. The molecular formula is C17H23FN2O3. The molecule has 0 spiro atoms. The average molecular weight is 322 g/mol. The predicted molar refractivity (Wildman–Crippen MR) is 85.3 cm³/mol. The third kappa shape index (κ3) is 4.76. The van der Waals surface area contributed by atoms with Crippen molar-refractivity contribution in [1.29, 1.82) is 0 Å². The Morgan fingerprint density at radius 1 is 1.22 bits per heavy atom. The summed E-state index contributed by atoms with van der Waals surface area (Å²) < 4.78 is 18.5. The lowest BCUT2D eigenvalue weighted by atomic mass is 9.81. The van der Waals surface area contributed by atoms with Gasteiger partial charge in [-0.2, -0.15) is 0 Å². The summed E-state index contributed by atoms with van der Waals surface area (Å²) in [4.78, 5) is 23.7. The van der Waals surface area contributed by atoms with Crippen LogP contribution >= 0.6 is 0 Å². The zero-order chi connectivity index (χ0) is 17.0. The molecule has 5 nitrogen and oxygen atoms in total. The van der Waals surface area contributed by atoms with Crippen molar-refractivity contribution in [2.75, 3.05) is 18.5 Å². The van der Waals surface area contributed by atoms with Gasteiger partial charge in [-0.15, -0.1) is 0 Å². The summed E-state index contributed by atoms with van der Waals surface area (Å²) in [5.41, 5.74) is 0.366. The first kappa shape index (κ1) is 17.4. The molecular weight excluding hydrogens is 299 g/mol. The number of anilines is 1. The summed E-state index contributed by atoms with van der Waals surface area (Å²) >= 11 is 0. The largest absolute Gasteiger partial charge is 0.377 e. The number of hydrogen-bond donors (Lipinski definition) is 2. The Morgan fingerprint density at radius 3 is 2.48 bits per heavy atom. The van der Waals surface area contributed by atoms with Crippen molar-refractivity contribution in [3.8, 4) is 0 Å². The van der Waals surface area contributed by atoms with E-state index in [0.717, 1.165) is 6.42 Å². The van der Waals surface area contributed by atoms with Gasteiger partial charge in [-0.05, 0) is 36.1 Å². The van der Waals surface area contributed by atoms with Crippen molar-refractivity contribution in [3.05, 3.63) is 30.1 Å². The van der Waals surface area contributed by atoms with E-state index in [4.69, 9.17) is 4.74 Å². The molecule has 1 aliphatic heterocycles. The summed E-state index contributed by atoms with van der Waals surface area (Å²) in [7, 11) is 0. The van der Waals surface area contributed by atoms with Gasteiger partial charge in [-0.25, -0.2) is 4.39 Å². The number of nitrogens with one attached hydrogen (secondary N) is 2. The molecule has 1 aromatic rings. The SMILES string of the molecule is CC(C)(C)[C@H]1OCC[C@@H]1CNC(=O)C(=O)Nc1ccc(F)cc1. The lowest BCUT2D eigenvalue weighted by Gasteiger charge is -2.31. The molecule has 0 bridgehead atoms. The third-order valence-corrected chi connectivity index (χ3v) is 3.90. The Hall–Kier alpha value is -1.95. The Bertz CT molecular complexity index is 566. The molecule has 1 fully saturated rings. The summed E-state index contributed by atoms with van der Waals surface area (Å²) in [5, 5.41) is 5.09. The van der Waals surface area contributed by atoms with E-state index in [1.54, 1.807) is 0 Å². The lowest BCUT2D eigenvalue weighted by Crippen LogP contribution is -2.42. The highest BCUT2D eigenvalue weighted by atomic mass is 19.1. The quantitative estimate of drug-likeness (QED) is 0.839. The van der Waals surface area contributed by atoms with Crippen LogP contribution in [0.3, 0.4) is 0 Å². The molecule has 0 aromatic heterocycles. The maximum Gasteiger partial charge on any atom is 0.313 e.